The number of nitro groups is 4. The predicted octanol–water partition coefficient (Wildman–Crippen LogP) is 4.07. The summed E-state index contributed by atoms with van der Waals surface area (Å²) in [5.74, 6) is -0.691. The number of fused-ring (bicyclic) bond motifs is 2. The molecule has 0 bridgehead atoms. The average Bonchev–Trinajstić information content (AvgIpc) is 2.99. The molecule has 0 atom stereocenters. The van der Waals surface area contributed by atoms with Crippen molar-refractivity contribution in [3.05, 3.63) is 110 Å². The van der Waals surface area contributed by atoms with Gasteiger partial charge in [-0.3, -0.25) is 50.0 Å². The molecule has 0 unspecified atom stereocenters. The van der Waals surface area contributed by atoms with E-state index in [1.165, 1.54) is 33.3 Å². The minimum atomic E-state index is -0.902. The number of non-ortho nitro benzene ring substituents is 4. The SMILES string of the molecule is COc1cc(-c2cc(=O)n(C)c3c([N+](=O)[O-])cc([N+](=O)[O-])cc23)c(O)c(-c2cc(=O)n(C)c3c([N+](=O)[O-])cc([N+](=O)[O-])cc23)c1. The number of nitro benzene ring substituents is 4. The fraction of sp³-hybridized carbons (Fsp3) is 0.111. The molecular weight excluding hydrogens is 600 g/mol. The van der Waals surface area contributed by atoms with Crippen molar-refractivity contribution >= 4 is 44.6 Å². The van der Waals surface area contributed by atoms with Gasteiger partial charge in [-0.2, -0.15) is 0 Å². The third kappa shape index (κ3) is 4.71. The van der Waals surface area contributed by atoms with Crippen molar-refractivity contribution in [2.24, 2.45) is 14.1 Å². The molecule has 45 heavy (non-hydrogen) atoms. The first-order valence-electron chi connectivity index (χ1n) is 12.5. The number of phenols is 1. The van der Waals surface area contributed by atoms with Gasteiger partial charge < -0.3 is 19.0 Å². The number of pyridine rings is 2. The Labute approximate surface area is 248 Å². The summed E-state index contributed by atoms with van der Waals surface area (Å²) in [5.41, 5.74) is -5.92. The number of nitrogens with zero attached hydrogens (tertiary/aromatic N) is 6. The summed E-state index contributed by atoms with van der Waals surface area (Å²) in [6, 6.07) is 7.75. The third-order valence-corrected chi connectivity index (χ3v) is 7.31. The number of phenolic OH excluding ortho intramolecular Hbond substituents is 1. The van der Waals surface area contributed by atoms with E-state index >= 15 is 0 Å². The number of aromatic nitrogens is 2. The highest BCUT2D eigenvalue weighted by Gasteiger charge is 2.28. The average molecular weight is 618 g/mol. The minimum absolute atomic E-state index is 0.0136. The number of hydrogen-bond donors (Lipinski definition) is 1. The van der Waals surface area contributed by atoms with Crippen LogP contribution < -0.4 is 15.9 Å². The van der Waals surface area contributed by atoms with Gasteiger partial charge in [0.2, 0.25) is 0 Å². The number of benzene rings is 3. The number of methoxy groups -OCH3 is 1. The van der Waals surface area contributed by atoms with Crippen LogP contribution in [0.2, 0.25) is 0 Å². The van der Waals surface area contributed by atoms with Crippen LogP contribution in [0.5, 0.6) is 11.5 Å². The summed E-state index contributed by atoms with van der Waals surface area (Å²) in [6.45, 7) is 0. The summed E-state index contributed by atoms with van der Waals surface area (Å²) in [4.78, 5) is 69.7. The van der Waals surface area contributed by atoms with Crippen LogP contribution in [-0.4, -0.2) is 41.0 Å². The summed E-state index contributed by atoms with van der Waals surface area (Å²) in [6.07, 6.45) is 0. The van der Waals surface area contributed by atoms with E-state index in [2.05, 4.69) is 0 Å². The smallest absolute Gasteiger partial charge is 0.300 e. The van der Waals surface area contributed by atoms with E-state index in [4.69, 9.17) is 4.74 Å². The van der Waals surface area contributed by atoms with Gasteiger partial charge in [0.15, 0.2) is 0 Å². The molecule has 0 amide bonds. The lowest BCUT2D eigenvalue weighted by Gasteiger charge is -2.17. The Bertz CT molecular complexity index is 2150. The molecule has 18 nitrogen and oxygen atoms in total. The predicted molar refractivity (Wildman–Crippen MR) is 158 cm³/mol. The van der Waals surface area contributed by atoms with Crippen molar-refractivity contribution in [1.29, 1.82) is 0 Å². The zero-order valence-electron chi connectivity index (χ0n) is 23.2. The van der Waals surface area contributed by atoms with Crippen molar-refractivity contribution < 1.29 is 29.5 Å². The highest BCUT2D eigenvalue weighted by Crippen LogP contribution is 2.46. The van der Waals surface area contributed by atoms with E-state index < -0.39 is 59.3 Å². The Morgan fingerprint density at radius 1 is 0.600 bits per heavy atom. The third-order valence-electron chi connectivity index (χ3n) is 7.31. The Balaban J connectivity index is 1.99. The van der Waals surface area contributed by atoms with E-state index in [0.717, 1.165) is 33.4 Å². The molecule has 0 saturated heterocycles. The van der Waals surface area contributed by atoms with E-state index in [9.17, 15) is 55.2 Å². The molecule has 0 fully saturated rings. The van der Waals surface area contributed by atoms with E-state index in [0.29, 0.717) is 12.1 Å². The second-order valence-corrected chi connectivity index (χ2v) is 9.73. The van der Waals surface area contributed by atoms with Gasteiger partial charge in [-0.25, -0.2) is 0 Å². The molecule has 2 heterocycles. The number of hydrogen-bond acceptors (Lipinski definition) is 12. The molecule has 0 aliphatic carbocycles. The maximum atomic E-state index is 13.0. The van der Waals surface area contributed by atoms with Crippen LogP contribution in [0.1, 0.15) is 0 Å². The van der Waals surface area contributed by atoms with Gasteiger partial charge in [0.1, 0.15) is 22.5 Å². The van der Waals surface area contributed by atoms with Crippen LogP contribution in [0, 0.1) is 40.5 Å². The van der Waals surface area contributed by atoms with Crippen molar-refractivity contribution in [2.75, 3.05) is 7.11 Å². The quantitative estimate of drug-likeness (QED) is 0.200. The standard InChI is InChI=1S/C27H18N6O12/c1-28-23(34)10-15(17-4-12(30(37)38)6-21(25(17)28)32(41)42)19-8-14(45-3)9-20(27(19)36)16-11-24(35)29(2)26-18(16)5-13(31(39)40)7-22(26)33(43)44/h4-11,36H,1-3H3. The largest absolute Gasteiger partial charge is 0.507 e. The summed E-state index contributed by atoms with van der Waals surface area (Å²) >= 11 is 0. The molecule has 3 aromatic carbocycles. The van der Waals surface area contributed by atoms with Gasteiger partial charge >= 0.3 is 0 Å². The van der Waals surface area contributed by atoms with Crippen LogP contribution in [0.25, 0.3) is 44.1 Å². The van der Waals surface area contributed by atoms with Crippen molar-refractivity contribution in [3.63, 3.8) is 0 Å². The number of rotatable bonds is 7. The first-order valence-corrected chi connectivity index (χ1v) is 12.5. The van der Waals surface area contributed by atoms with Gasteiger partial charge in [-0.05, 0) is 12.1 Å². The molecule has 0 aliphatic heterocycles. The summed E-state index contributed by atoms with van der Waals surface area (Å²) in [7, 11) is 3.67. The Morgan fingerprint density at radius 3 is 1.29 bits per heavy atom. The van der Waals surface area contributed by atoms with Crippen LogP contribution in [0.15, 0.2) is 58.1 Å². The fourth-order valence-electron chi connectivity index (χ4n) is 5.21. The van der Waals surface area contributed by atoms with Crippen molar-refractivity contribution in [2.45, 2.75) is 0 Å². The molecule has 0 spiro atoms. The number of aromatic hydroxyl groups is 1. The van der Waals surface area contributed by atoms with E-state index in [1.807, 2.05) is 0 Å². The zero-order valence-corrected chi connectivity index (χ0v) is 23.2. The molecular formula is C27H18N6O12. The van der Waals surface area contributed by atoms with Crippen LogP contribution in [0.3, 0.4) is 0 Å². The first-order chi connectivity index (χ1) is 21.2. The van der Waals surface area contributed by atoms with Gasteiger partial charge in [0.25, 0.3) is 33.9 Å². The molecule has 5 rings (SSSR count). The summed E-state index contributed by atoms with van der Waals surface area (Å²) < 4.78 is 7.18. The lowest BCUT2D eigenvalue weighted by atomic mass is 9.92. The molecule has 0 saturated carbocycles. The fourth-order valence-corrected chi connectivity index (χ4v) is 5.21. The normalized spacial score (nSPS) is 11.1. The Kier molecular flexibility index (Phi) is 6.96. The van der Waals surface area contributed by atoms with Crippen LogP contribution >= 0.6 is 0 Å². The zero-order chi connectivity index (χ0) is 33.1. The van der Waals surface area contributed by atoms with Gasteiger partial charge in [0, 0.05) is 71.4 Å². The number of ether oxygens (including phenoxy) is 1. The topological polar surface area (TPSA) is 246 Å². The molecule has 0 aliphatic rings. The highest BCUT2D eigenvalue weighted by atomic mass is 16.6. The van der Waals surface area contributed by atoms with Crippen LogP contribution in [-0.2, 0) is 14.1 Å². The van der Waals surface area contributed by atoms with Crippen molar-refractivity contribution in [3.8, 4) is 33.8 Å². The Morgan fingerprint density at radius 2 is 0.978 bits per heavy atom. The molecule has 2 aromatic heterocycles. The maximum Gasteiger partial charge on any atom is 0.300 e. The lowest BCUT2D eigenvalue weighted by Crippen LogP contribution is -2.18. The van der Waals surface area contributed by atoms with E-state index in [1.54, 1.807) is 0 Å². The summed E-state index contributed by atoms with van der Waals surface area (Å²) in [5, 5.41) is 58.5. The van der Waals surface area contributed by atoms with Crippen LogP contribution in [0.4, 0.5) is 22.7 Å². The van der Waals surface area contributed by atoms with Gasteiger partial charge in [0.05, 0.1) is 38.9 Å². The second-order valence-electron chi connectivity index (χ2n) is 9.73. The maximum absolute atomic E-state index is 13.0. The molecule has 1 N–H and O–H groups in total. The van der Waals surface area contributed by atoms with Gasteiger partial charge in [-0.1, -0.05) is 0 Å². The van der Waals surface area contributed by atoms with Crippen molar-refractivity contribution in [1.82, 2.24) is 9.13 Å². The Hall–Kier alpha value is -6.72. The second kappa shape index (κ2) is 10.5. The highest BCUT2D eigenvalue weighted by molar-refractivity contribution is 6.06. The molecule has 18 heteroatoms. The van der Waals surface area contributed by atoms with E-state index in [-0.39, 0.29) is 49.8 Å². The number of aryl methyl sites for hydroxylation is 2. The monoisotopic (exact) mass is 618 g/mol. The molecule has 5 aromatic rings. The van der Waals surface area contributed by atoms with Gasteiger partial charge in [-0.15, -0.1) is 0 Å². The molecule has 228 valence electrons. The minimum Gasteiger partial charge on any atom is -0.507 e. The lowest BCUT2D eigenvalue weighted by molar-refractivity contribution is -0.393. The molecule has 0 radical (unpaired) electrons. The first kappa shape index (κ1) is 29.8.